The van der Waals surface area contributed by atoms with Crippen LogP contribution in [-0.2, 0) is 9.84 Å². The van der Waals surface area contributed by atoms with E-state index < -0.39 is 14.8 Å². The first kappa shape index (κ1) is 13.7. The van der Waals surface area contributed by atoms with E-state index in [2.05, 4.69) is 4.98 Å². The van der Waals surface area contributed by atoms with Crippen LogP contribution >= 0.6 is 11.8 Å². The molecular formula is C8H11N3O4S2. The van der Waals surface area contributed by atoms with E-state index in [9.17, 15) is 18.5 Å². The van der Waals surface area contributed by atoms with Gasteiger partial charge in [-0.05, 0) is 0 Å². The summed E-state index contributed by atoms with van der Waals surface area (Å²) in [5.41, 5.74) is 5.25. The van der Waals surface area contributed by atoms with Gasteiger partial charge in [0.25, 0.3) is 5.69 Å². The van der Waals surface area contributed by atoms with Crippen LogP contribution in [0.4, 0.5) is 11.5 Å². The smallest absolute Gasteiger partial charge is 0.275 e. The zero-order valence-electron chi connectivity index (χ0n) is 8.99. The standard InChI is InChI=1S/C8H11N3O4S2/c1-17(14,15)3-2-16-8-5-6(11(12)13)4-7(9)10-8/h4-5H,2-3H2,1H3,(H2,9,10). The Labute approximate surface area is 102 Å². The Morgan fingerprint density at radius 3 is 2.71 bits per heavy atom. The lowest BCUT2D eigenvalue weighted by Crippen LogP contribution is -2.05. The third-order valence-corrected chi connectivity index (χ3v) is 3.84. The molecule has 2 N–H and O–H groups in total. The highest BCUT2D eigenvalue weighted by Crippen LogP contribution is 2.23. The largest absolute Gasteiger partial charge is 0.383 e. The second-order valence-corrected chi connectivity index (χ2v) is 6.70. The average Bonchev–Trinajstić information content (AvgIpc) is 2.14. The van der Waals surface area contributed by atoms with Crippen LogP contribution < -0.4 is 5.73 Å². The van der Waals surface area contributed by atoms with Gasteiger partial charge in [0.15, 0.2) is 0 Å². The van der Waals surface area contributed by atoms with E-state index >= 15 is 0 Å². The van der Waals surface area contributed by atoms with Crippen molar-refractivity contribution >= 4 is 33.1 Å². The maximum atomic E-state index is 10.9. The van der Waals surface area contributed by atoms with Crippen LogP contribution in [0.1, 0.15) is 0 Å². The predicted octanol–water partition coefficient (Wildman–Crippen LogP) is 0.709. The maximum absolute atomic E-state index is 10.9. The summed E-state index contributed by atoms with van der Waals surface area (Å²) in [6.45, 7) is 0. The van der Waals surface area contributed by atoms with E-state index in [4.69, 9.17) is 5.73 Å². The fraction of sp³-hybridized carbons (Fsp3) is 0.375. The van der Waals surface area contributed by atoms with Crippen molar-refractivity contribution in [3.63, 3.8) is 0 Å². The highest BCUT2D eigenvalue weighted by molar-refractivity contribution is 8.00. The minimum absolute atomic E-state index is 0.0120. The molecule has 7 nitrogen and oxygen atoms in total. The number of nitrogen functional groups attached to an aromatic ring is 1. The highest BCUT2D eigenvalue weighted by atomic mass is 32.2. The van der Waals surface area contributed by atoms with Gasteiger partial charge in [0.2, 0.25) is 0 Å². The molecule has 0 amide bonds. The van der Waals surface area contributed by atoms with Crippen LogP contribution in [0.25, 0.3) is 0 Å². The van der Waals surface area contributed by atoms with E-state index in [0.717, 1.165) is 24.1 Å². The minimum Gasteiger partial charge on any atom is -0.383 e. The number of nitro groups is 1. The van der Waals surface area contributed by atoms with Gasteiger partial charge in [0, 0.05) is 18.1 Å². The summed E-state index contributed by atoms with van der Waals surface area (Å²) in [6, 6.07) is 2.42. The monoisotopic (exact) mass is 277 g/mol. The molecule has 9 heteroatoms. The molecule has 0 fully saturated rings. The van der Waals surface area contributed by atoms with Crippen molar-refractivity contribution in [3.05, 3.63) is 22.2 Å². The molecule has 0 atom stereocenters. The molecule has 0 aliphatic carbocycles. The molecule has 0 aromatic carbocycles. The number of hydrogen-bond donors (Lipinski definition) is 1. The van der Waals surface area contributed by atoms with Crippen LogP contribution in [0.3, 0.4) is 0 Å². The molecule has 1 heterocycles. The molecule has 0 bridgehead atoms. The van der Waals surface area contributed by atoms with Crippen molar-refractivity contribution in [2.24, 2.45) is 0 Å². The summed E-state index contributed by atoms with van der Waals surface area (Å²) in [5, 5.41) is 10.9. The molecule has 0 aliphatic heterocycles. The molecule has 1 rings (SSSR count). The first-order valence-corrected chi connectivity index (χ1v) is 7.55. The number of aromatic nitrogens is 1. The number of nitrogens with zero attached hydrogens (tertiary/aromatic N) is 2. The number of hydrogen-bond acceptors (Lipinski definition) is 7. The van der Waals surface area contributed by atoms with E-state index in [1.54, 1.807) is 0 Å². The molecule has 17 heavy (non-hydrogen) atoms. The van der Waals surface area contributed by atoms with E-state index in [1.807, 2.05) is 0 Å². The normalized spacial score (nSPS) is 11.4. The molecule has 1 aromatic rings. The zero-order chi connectivity index (χ0) is 13.1. The Morgan fingerprint density at radius 1 is 1.53 bits per heavy atom. The van der Waals surface area contributed by atoms with Crippen LogP contribution in [-0.4, -0.2) is 36.1 Å². The molecule has 0 aliphatic rings. The van der Waals surface area contributed by atoms with Crippen molar-refractivity contribution in [2.75, 3.05) is 23.5 Å². The van der Waals surface area contributed by atoms with E-state index in [-0.39, 0.29) is 23.0 Å². The number of nitrogens with two attached hydrogens (primary N) is 1. The Morgan fingerprint density at radius 2 is 2.18 bits per heavy atom. The van der Waals surface area contributed by atoms with Gasteiger partial charge in [-0.15, -0.1) is 11.8 Å². The maximum Gasteiger partial charge on any atom is 0.275 e. The first-order chi connectivity index (χ1) is 7.78. The zero-order valence-corrected chi connectivity index (χ0v) is 10.6. The lowest BCUT2D eigenvalue weighted by molar-refractivity contribution is -0.385. The molecule has 0 unspecified atom stereocenters. The van der Waals surface area contributed by atoms with Crippen molar-refractivity contribution < 1.29 is 13.3 Å². The van der Waals surface area contributed by atoms with Crippen LogP contribution in [0.2, 0.25) is 0 Å². The lowest BCUT2D eigenvalue weighted by Gasteiger charge is -2.01. The Bertz CT molecular complexity index is 530. The molecule has 0 saturated heterocycles. The Hall–Kier alpha value is -1.35. The summed E-state index contributed by atoms with van der Waals surface area (Å²) >= 11 is 1.12. The van der Waals surface area contributed by atoms with Crippen molar-refractivity contribution in [1.82, 2.24) is 4.98 Å². The minimum atomic E-state index is -3.04. The predicted molar refractivity (Wildman–Crippen MR) is 65.7 cm³/mol. The summed E-state index contributed by atoms with van der Waals surface area (Å²) in [4.78, 5) is 13.9. The van der Waals surface area contributed by atoms with Crippen LogP contribution in [0, 0.1) is 10.1 Å². The summed E-state index contributed by atoms with van der Waals surface area (Å²) in [7, 11) is -3.04. The second kappa shape index (κ2) is 5.32. The van der Waals surface area contributed by atoms with E-state index in [0.29, 0.717) is 5.03 Å². The van der Waals surface area contributed by atoms with Gasteiger partial charge in [0.1, 0.15) is 20.7 Å². The quantitative estimate of drug-likeness (QED) is 0.478. The van der Waals surface area contributed by atoms with Gasteiger partial charge in [-0.25, -0.2) is 13.4 Å². The molecule has 1 aromatic heterocycles. The first-order valence-electron chi connectivity index (χ1n) is 4.50. The lowest BCUT2D eigenvalue weighted by atomic mass is 10.4. The SMILES string of the molecule is CS(=O)(=O)CCSc1cc([N+](=O)[O-])cc(N)n1. The van der Waals surface area contributed by atoms with Gasteiger partial charge in [0.05, 0.1) is 16.7 Å². The number of sulfone groups is 1. The van der Waals surface area contributed by atoms with Gasteiger partial charge in [-0.3, -0.25) is 10.1 Å². The van der Waals surface area contributed by atoms with Crippen molar-refractivity contribution in [2.45, 2.75) is 5.03 Å². The van der Waals surface area contributed by atoms with Crippen LogP contribution in [0.5, 0.6) is 0 Å². The Kier molecular flexibility index (Phi) is 4.29. The number of anilines is 1. The highest BCUT2D eigenvalue weighted by Gasteiger charge is 2.11. The summed E-state index contributed by atoms with van der Waals surface area (Å²) in [6.07, 6.45) is 1.13. The van der Waals surface area contributed by atoms with Crippen molar-refractivity contribution in [3.8, 4) is 0 Å². The molecule has 0 saturated carbocycles. The molecule has 94 valence electrons. The number of pyridine rings is 1. The fourth-order valence-electron chi connectivity index (χ4n) is 0.988. The van der Waals surface area contributed by atoms with Gasteiger partial charge in [-0.1, -0.05) is 0 Å². The third kappa shape index (κ3) is 5.00. The molecule has 0 radical (unpaired) electrons. The van der Waals surface area contributed by atoms with Gasteiger partial charge < -0.3 is 5.73 Å². The van der Waals surface area contributed by atoms with E-state index in [1.165, 1.54) is 6.07 Å². The van der Waals surface area contributed by atoms with Crippen molar-refractivity contribution in [1.29, 1.82) is 0 Å². The molecular weight excluding hydrogens is 266 g/mol. The van der Waals surface area contributed by atoms with Gasteiger partial charge in [-0.2, -0.15) is 0 Å². The average molecular weight is 277 g/mol. The molecule has 0 spiro atoms. The number of thioether (sulfide) groups is 1. The third-order valence-electron chi connectivity index (χ3n) is 1.72. The van der Waals surface area contributed by atoms with Gasteiger partial charge >= 0.3 is 0 Å². The Balaban J connectivity index is 2.75. The summed E-state index contributed by atoms with van der Waals surface area (Å²) < 4.78 is 21.8. The topological polar surface area (TPSA) is 116 Å². The second-order valence-electron chi connectivity index (χ2n) is 3.32. The van der Waals surface area contributed by atoms with Crippen LogP contribution in [0.15, 0.2) is 17.2 Å². The number of rotatable bonds is 5. The summed E-state index contributed by atoms with van der Waals surface area (Å²) in [5.74, 6) is 0.315. The fourth-order valence-corrected chi connectivity index (χ4v) is 3.12.